The summed E-state index contributed by atoms with van der Waals surface area (Å²) < 4.78 is 5.52. The number of nitrogens with two attached hydrogens (primary N) is 1. The van der Waals surface area contributed by atoms with Gasteiger partial charge in [-0.3, -0.25) is 0 Å². The second-order valence-corrected chi connectivity index (χ2v) is 5.91. The fraction of sp³-hybridized carbons (Fsp3) is 0.615. The average molecular weight is 285 g/mol. The SMILES string of the molecule is CSCC(C)(O)CNc1ccc(N)c(OC(C)C)n1. The fourth-order valence-corrected chi connectivity index (χ4v) is 2.23. The van der Waals surface area contributed by atoms with Crippen LogP contribution in [-0.4, -0.2) is 40.3 Å². The maximum atomic E-state index is 10.1. The van der Waals surface area contributed by atoms with Gasteiger partial charge in [-0.2, -0.15) is 16.7 Å². The summed E-state index contributed by atoms with van der Waals surface area (Å²) in [5.41, 5.74) is 5.53. The monoisotopic (exact) mass is 285 g/mol. The van der Waals surface area contributed by atoms with Crippen molar-refractivity contribution in [2.45, 2.75) is 32.5 Å². The van der Waals surface area contributed by atoms with Crippen molar-refractivity contribution < 1.29 is 9.84 Å². The molecule has 0 saturated heterocycles. The Balaban J connectivity index is 2.69. The molecule has 0 saturated carbocycles. The van der Waals surface area contributed by atoms with E-state index in [2.05, 4.69) is 10.3 Å². The first-order chi connectivity index (χ1) is 8.84. The molecule has 108 valence electrons. The van der Waals surface area contributed by atoms with E-state index in [9.17, 15) is 5.11 Å². The average Bonchev–Trinajstić information content (AvgIpc) is 2.29. The van der Waals surface area contributed by atoms with Crippen LogP contribution >= 0.6 is 11.8 Å². The van der Waals surface area contributed by atoms with E-state index >= 15 is 0 Å². The van der Waals surface area contributed by atoms with Gasteiger partial charge < -0.3 is 20.9 Å². The molecule has 1 rings (SSSR count). The number of nitrogens with zero attached hydrogens (tertiary/aromatic N) is 1. The van der Waals surface area contributed by atoms with Crippen LogP contribution in [0.2, 0.25) is 0 Å². The standard InChI is InChI=1S/C13H23N3O2S/c1-9(2)18-12-10(14)5-6-11(16-12)15-7-13(3,17)8-19-4/h5-6,9,17H,7-8,14H2,1-4H3,(H,15,16). The first-order valence-electron chi connectivity index (χ1n) is 6.22. The van der Waals surface area contributed by atoms with Gasteiger partial charge >= 0.3 is 0 Å². The molecule has 0 radical (unpaired) electrons. The Kier molecular flexibility index (Phi) is 5.75. The molecule has 1 aromatic heterocycles. The molecule has 1 atom stereocenters. The lowest BCUT2D eigenvalue weighted by molar-refractivity contribution is 0.0996. The summed E-state index contributed by atoms with van der Waals surface area (Å²) in [6.07, 6.45) is 1.98. The van der Waals surface area contributed by atoms with Gasteiger partial charge in [-0.25, -0.2) is 0 Å². The largest absolute Gasteiger partial charge is 0.473 e. The summed E-state index contributed by atoms with van der Waals surface area (Å²) in [7, 11) is 0. The molecular weight excluding hydrogens is 262 g/mol. The Morgan fingerprint density at radius 1 is 1.53 bits per heavy atom. The van der Waals surface area contributed by atoms with Crippen molar-refractivity contribution in [3.63, 3.8) is 0 Å². The number of rotatable bonds is 7. The lowest BCUT2D eigenvalue weighted by atomic mass is 10.1. The van der Waals surface area contributed by atoms with Gasteiger partial charge in [0.25, 0.3) is 0 Å². The highest BCUT2D eigenvalue weighted by Gasteiger charge is 2.19. The van der Waals surface area contributed by atoms with Crippen LogP contribution in [-0.2, 0) is 0 Å². The number of nitrogens with one attached hydrogen (secondary N) is 1. The van der Waals surface area contributed by atoms with Crippen molar-refractivity contribution in [1.29, 1.82) is 0 Å². The van der Waals surface area contributed by atoms with Crippen LogP contribution in [0.3, 0.4) is 0 Å². The van der Waals surface area contributed by atoms with Crippen molar-refractivity contribution in [2.75, 3.05) is 29.6 Å². The molecule has 5 nitrogen and oxygen atoms in total. The Morgan fingerprint density at radius 2 is 2.21 bits per heavy atom. The quantitative estimate of drug-likeness (QED) is 0.711. The van der Waals surface area contributed by atoms with Crippen LogP contribution in [0.25, 0.3) is 0 Å². The van der Waals surface area contributed by atoms with E-state index in [0.717, 1.165) is 0 Å². The van der Waals surface area contributed by atoms with Gasteiger partial charge in [-0.05, 0) is 39.2 Å². The Bertz CT molecular complexity index is 411. The number of hydrogen-bond donors (Lipinski definition) is 3. The highest BCUT2D eigenvalue weighted by molar-refractivity contribution is 7.98. The minimum atomic E-state index is -0.776. The van der Waals surface area contributed by atoms with E-state index in [0.29, 0.717) is 29.7 Å². The van der Waals surface area contributed by atoms with E-state index in [1.54, 1.807) is 30.8 Å². The van der Waals surface area contributed by atoms with Gasteiger partial charge in [0.1, 0.15) is 5.82 Å². The minimum Gasteiger partial charge on any atom is -0.473 e. The number of aromatic nitrogens is 1. The van der Waals surface area contributed by atoms with E-state index in [-0.39, 0.29) is 6.10 Å². The maximum Gasteiger partial charge on any atom is 0.239 e. The first-order valence-corrected chi connectivity index (χ1v) is 7.62. The number of hydrogen-bond acceptors (Lipinski definition) is 6. The molecule has 0 aliphatic carbocycles. The van der Waals surface area contributed by atoms with Crippen molar-refractivity contribution in [1.82, 2.24) is 4.98 Å². The van der Waals surface area contributed by atoms with Crippen molar-refractivity contribution in [2.24, 2.45) is 0 Å². The molecule has 0 amide bonds. The summed E-state index contributed by atoms with van der Waals surface area (Å²) in [4.78, 5) is 4.30. The second kappa shape index (κ2) is 6.86. The van der Waals surface area contributed by atoms with Crippen molar-refractivity contribution in [3.05, 3.63) is 12.1 Å². The molecule has 0 aromatic carbocycles. The summed E-state index contributed by atoms with van der Waals surface area (Å²) in [5.74, 6) is 1.72. The highest BCUT2D eigenvalue weighted by atomic mass is 32.2. The normalized spacial score (nSPS) is 14.2. The Morgan fingerprint density at radius 3 is 2.79 bits per heavy atom. The van der Waals surface area contributed by atoms with Gasteiger partial charge in [-0.1, -0.05) is 0 Å². The number of nitrogen functional groups attached to an aromatic ring is 1. The summed E-state index contributed by atoms with van der Waals surface area (Å²) in [6, 6.07) is 3.52. The molecule has 1 unspecified atom stereocenters. The van der Waals surface area contributed by atoms with Crippen LogP contribution in [0, 0.1) is 0 Å². The fourth-order valence-electron chi connectivity index (χ4n) is 1.51. The minimum absolute atomic E-state index is 0.0182. The van der Waals surface area contributed by atoms with E-state index in [1.165, 1.54) is 0 Å². The van der Waals surface area contributed by atoms with Gasteiger partial charge in [0.2, 0.25) is 5.88 Å². The first kappa shape index (κ1) is 15.9. The molecule has 1 heterocycles. The Labute approximate surface area is 118 Å². The predicted molar refractivity (Wildman–Crippen MR) is 81.9 cm³/mol. The van der Waals surface area contributed by atoms with E-state index in [1.807, 2.05) is 20.1 Å². The molecule has 19 heavy (non-hydrogen) atoms. The smallest absolute Gasteiger partial charge is 0.239 e. The van der Waals surface area contributed by atoms with E-state index in [4.69, 9.17) is 10.5 Å². The topological polar surface area (TPSA) is 80.4 Å². The molecule has 0 bridgehead atoms. The van der Waals surface area contributed by atoms with Crippen molar-refractivity contribution >= 4 is 23.3 Å². The van der Waals surface area contributed by atoms with Gasteiger partial charge in [0, 0.05) is 12.3 Å². The molecule has 6 heteroatoms. The van der Waals surface area contributed by atoms with Crippen LogP contribution in [0.15, 0.2) is 12.1 Å². The molecule has 0 fully saturated rings. The van der Waals surface area contributed by atoms with Crippen LogP contribution < -0.4 is 15.8 Å². The molecule has 4 N–H and O–H groups in total. The number of aliphatic hydroxyl groups is 1. The van der Waals surface area contributed by atoms with Crippen molar-refractivity contribution in [3.8, 4) is 5.88 Å². The lowest BCUT2D eigenvalue weighted by Crippen LogP contribution is -2.36. The number of ether oxygens (including phenoxy) is 1. The van der Waals surface area contributed by atoms with Crippen LogP contribution in [0.4, 0.5) is 11.5 Å². The van der Waals surface area contributed by atoms with Gasteiger partial charge in [0.15, 0.2) is 0 Å². The molecular formula is C13H23N3O2S. The zero-order valence-electron chi connectivity index (χ0n) is 11.9. The molecule has 1 aromatic rings. The van der Waals surface area contributed by atoms with E-state index < -0.39 is 5.60 Å². The maximum absolute atomic E-state index is 10.1. The molecule has 0 aliphatic rings. The third-order valence-corrected chi connectivity index (χ3v) is 3.25. The second-order valence-electron chi connectivity index (χ2n) is 5.04. The summed E-state index contributed by atoms with van der Waals surface area (Å²) >= 11 is 1.60. The van der Waals surface area contributed by atoms with Gasteiger partial charge in [0.05, 0.1) is 17.4 Å². The molecule has 0 spiro atoms. The summed E-state index contributed by atoms with van der Waals surface area (Å²) in [5, 5.41) is 13.2. The lowest BCUT2D eigenvalue weighted by Gasteiger charge is -2.23. The Hall–Kier alpha value is -1.14. The number of pyridine rings is 1. The third kappa shape index (κ3) is 5.57. The zero-order valence-corrected chi connectivity index (χ0v) is 12.8. The molecule has 0 aliphatic heterocycles. The van der Waals surface area contributed by atoms with Crippen LogP contribution in [0.5, 0.6) is 5.88 Å². The number of thioether (sulfide) groups is 1. The summed E-state index contributed by atoms with van der Waals surface area (Å²) in [6.45, 7) is 6.06. The van der Waals surface area contributed by atoms with Gasteiger partial charge in [-0.15, -0.1) is 0 Å². The highest BCUT2D eigenvalue weighted by Crippen LogP contribution is 2.22. The predicted octanol–water partition coefficient (Wildman–Crippen LogP) is 1.98. The van der Waals surface area contributed by atoms with Crippen LogP contribution in [0.1, 0.15) is 20.8 Å². The third-order valence-electron chi connectivity index (χ3n) is 2.34. The zero-order chi connectivity index (χ0) is 14.5. The number of anilines is 2.